The number of aryl methyl sites for hydroxylation is 1. The number of hydrogen-bond donors (Lipinski definition) is 2. The van der Waals surface area contributed by atoms with E-state index in [4.69, 9.17) is 16.3 Å². The van der Waals surface area contributed by atoms with Crippen LogP contribution in [0.2, 0.25) is 5.02 Å². The normalized spacial score (nSPS) is 10.1. The molecule has 0 saturated carbocycles. The zero-order valence-corrected chi connectivity index (χ0v) is 12.8. The summed E-state index contributed by atoms with van der Waals surface area (Å²) < 4.78 is 18.2. The van der Waals surface area contributed by atoms with Crippen LogP contribution in [0.25, 0.3) is 0 Å². The summed E-state index contributed by atoms with van der Waals surface area (Å²) in [7, 11) is 0. The quantitative estimate of drug-likeness (QED) is 0.818. The Balaban J connectivity index is 1.73. The maximum absolute atomic E-state index is 12.9. The van der Waals surface area contributed by atoms with E-state index in [0.717, 1.165) is 11.3 Å². The molecule has 2 rings (SSSR count). The zero-order chi connectivity index (χ0) is 15.9. The standard InChI is InChI=1S/C16H16ClFN2O2/c1-11-3-2-4-13(9-11)20-16(21)19-7-8-22-15-6-5-12(18)10-14(15)17/h2-6,9-10H,7-8H2,1H3,(H2,19,20,21). The van der Waals surface area contributed by atoms with Gasteiger partial charge in [0.1, 0.15) is 18.2 Å². The molecule has 22 heavy (non-hydrogen) atoms. The van der Waals surface area contributed by atoms with Crippen molar-refractivity contribution in [3.05, 3.63) is 58.9 Å². The van der Waals surface area contributed by atoms with Gasteiger partial charge in [0.05, 0.1) is 11.6 Å². The Hall–Kier alpha value is -2.27. The lowest BCUT2D eigenvalue weighted by molar-refractivity contribution is 0.247. The van der Waals surface area contributed by atoms with Crippen LogP contribution in [-0.4, -0.2) is 19.2 Å². The summed E-state index contributed by atoms with van der Waals surface area (Å²) in [6.45, 7) is 2.47. The van der Waals surface area contributed by atoms with E-state index < -0.39 is 5.82 Å². The van der Waals surface area contributed by atoms with Crippen LogP contribution in [0.1, 0.15) is 5.56 Å². The molecule has 0 fully saturated rings. The van der Waals surface area contributed by atoms with Crippen LogP contribution < -0.4 is 15.4 Å². The van der Waals surface area contributed by atoms with Gasteiger partial charge in [-0.25, -0.2) is 9.18 Å². The van der Waals surface area contributed by atoms with Crippen molar-refractivity contribution in [1.29, 1.82) is 0 Å². The van der Waals surface area contributed by atoms with Gasteiger partial charge >= 0.3 is 6.03 Å². The Kier molecular flexibility index (Phi) is 5.61. The third-order valence-electron chi connectivity index (χ3n) is 2.82. The van der Waals surface area contributed by atoms with Gasteiger partial charge in [-0.2, -0.15) is 0 Å². The first-order chi connectivity index (χ1) is 10.5. The first-order valence-electron chi connectivity index (χ1n) is 6.74. The molecule has 0 aliphatic carbocycles. The fourth-order valence-electron chi connectivity index (χ4n) is 1.82. The number of ether oxygens (including phenoxy) is 1. The summed E-state index contributed by atoms with van der Waals surface area (Å²) in [5, 5.41) is 5.58. The molecule has 0 aromatic heterocycles. The summed E-state index contributed by atoms with van der Waals surface area (Å²) in [6.07, 6.45) is 0. The summed E-state index contributed by atoms with van der Waals surface area (Å²) in [5.41, 5.74) is 1.78. The van der Waals surface area contributed by atoms with Crippen molar-refractivity contribution < 1.29 is 13.9 Å². The Morgan fingerprint density at radius 2 is 2.09 bits per heavy atom. The van der Waals surface area contributed by atoms with Crippen molar-refractivity contribution in [3.63, 3.8) is 0 Å². The first kappa shape index (κ1) is 16.1. The average Bonchev–Trinajstić information content (AvgIpc) is 2.45. The molecule has 0 aliphatic rings. The number of carbonyl (C=O) groups excluding carboxylic acids is 1. The monoisotopic (exact) mass is 322 g/mol. The third kappa shape index (κ3) is 4.93. The minimum absolute atomic E-state index is 0.198. The van der Waals surface area contributed by atoms with Gasteiger partial charge in [-0.15, -0.1) is 0 Å². The molecule has 0 saturated heterocycles. The molecule has 2 aromatic rings. The molecule has 0 unspecified atom stereocenters. The maximum atomic E-state index is 12.9. The van der Waals surface area contributed by atoms with E-state index in [1.807, 2.05) is 25.1 Å². The predicted octanol–water partition coefficient (Wildman–Crippen LogP) is 3.99. The lowest BCUT2D eigenvalue weighted by atomic mass is 10.2. The SMILES string of the molecule is Cc1cccc(NC(=O)NCCOc2ccc(F)cc2Cl)c1. The molecule has 6 heteroatoms. The molecule has 116 valence electrons. The minimum atomic E-state index is -0.423. The Bertz CT molecular complexity index is 664. The van der Waals surface area contributed by atoms with Gasteiger partial charge in [0.15, 0.2) is 0 Å². The second kappa shape index (κ2) is 7.66. The lowest BCUT2D eigenvalue weighted by Gasteiger charge is -2.10. The van der Waals surface area contributed by atoms with Gasteiger partial charge in [-0.3, -0.25) is 0 Å². The molecular formula is C16H16ClFN2O2. The van der Waals surface area contributed by atoms with Gasteiger partial charge in [0.25, 0.3) is 0 Å². The third-order valence-corrected chi connectivity index (χ3v) is 3.11. The number of hydrogen-bond acceptors (Lipinski definition) is 2. The zero-order valence-electron chi connectivity index (χ0n) is 12.0. The number of anilines is 1. The van der Waals surface area contributed by atoms with Crippen LogP contribution in [0.3, 0.4) is 0 Å². The van der Waals surface area contributed by atoms with E-state index in [1.165, 1.54) is 18.2 Å². The Morgan fingerprint density at radius 1 is 1.27 bits per heavy atom. The van der Waals surface area contributed by atoms with Crippen molar-refractivity contribution in [2.24, 2.45) is 0 Å². The van der Waals surface area contributed by atoms with Crippen LogP contribution in [-0.2, 0) is 0 Å². The molecule has 0 bridgehead atoms. The Morgan fingerprint density at radius 3 is 2.82 bits per heavy atom. The van der Waals surface area contributed by atoms with Crippen LogP contribution in [0.15, 0.2) is 42.5 Å². The van der Waals surface area contributed by atoms with E-state index in [0.29, 0.717) is 12.3 Å². The summed E-state index contributed by atoms with van der Waals surface area (Å²) in [5.74, 6) is -0.0445. The predicted molar refractivity (Wildman–Crippen MR) is 85.1 cm³/mol. The molecule has 0 heterocycles. The fraction of sp³-hybridized carbons (Fsp3) is 0.188. The number of amides is 2. The molecular weight excluding hydrogens is 307 g/mol. The topological polar surface area (TPSA) is 50.4 Å². The van der Waals surface area contributed by atoms with E-state index in [9.17, 15) is 9.18 Å². The number of benzene rings is 2. The van der Waals surface area contributed by atoms with Crippen LogP contribution in [0.5, 0.6) is 5.75 Å². The molecule has 0 radical (unpaired) electrons. The molecule has 2 aromatic carbocycles. The molecule has 2 N–H and O–H groups in total. The molecule has 0 aliphatic heterocycles. The van der Waals surface area contributed by atoms with Crippen molar-refractivity contribution in [3.8, 4) is 5.75 Å². The molecule has 0 spiro atoms. The van der Waals surface area contributed by atoms with Crippen LogP contribution in [0.4, 0.5) is 14.9 Å². The van der Waals surface area contributed by atoms with Crippen molar-refractivity contribution in [2.45, 2.75) is 6.92 Å². The number of halogens is 2. The van der Waals surface area contributed by atoms with Crippen LogP contribution >= 0.6 is 11.6 Å². The van der Waals surface area contributed by atoms with Gasteiger partial charge in [0.2, 0.25) is 0 Å². The van der Waals surface area contributed by atoms with Crippen molar-refractivity contribution in [1.82, 2.24) is 5.32 Å². The highest BCUT2D eigenvalue weighted by molar-refractivity contribution is 6.32. The second-order valence-electron chi connectivity index (χ2n) is 4.67. The van der Waals surface area contributed by atoms with Gasteiger partial charge in [0, 0.05) is 5.69 Å². The Labute approximate surface area is 133 Å². The summed E-state index contributed by atoms with van der Waals surface area (Å²) in [4.78, 5) is 11.7. The van der Waals surface area contributed by atoms with Crippen LogP contribution in [0, 0.1) is 12.7 Å². The van der Waals surface area contributed by atoms with E-state index in [-0.39, 0.29) is 17.7 Å². The highest BCUT2D eigenvalue weighted by atomic mass is 35.5. The number of urea groups is 1. The van der Waals surface area contributed by atoms with E-state index in [2.05, 4.69) is 10.6 Å². The smallest absolute Gasteiger partial charge is 0.319 e. The summed E-state index contributed by atoms with van der Waals surface area (Å²) in [6, 6.07) is 11.1. The first-order valence-corrected chi connectivity index (χ1v) is 7.12. The highest BCUT2D eigenvalue weighted by Crippen LogP contribution is 2.24. The highest BCUT2D eigenvalue weighted by Gasteiger charge is 2.04. The fourth-order valence-corrected chi connectivity index (χ4v) is 2.04. The lowest BCUT2D eigenvalue weighted by Crippen LogP contribution is -2.32. The number of carbonyl (C=O) groups is 1. The molecule has 2 amide bonds. The van der Waals surface area contributed by atoms with E-state index >= 15 is 0 Å². The number of rotatable bonds is 5. The van der Waals surface area contributed by atoms with Crippen molar-refractivity contribution >= 4 is 23.3 Å². The van der Waals surface area contributed by atoms with Crippen molar-refractivity contribution in [2.75, 3.05) is 18.5 Å². The largest absolute Gasteiger partial charge is 0.490 e. The van der Waals surface area contributed by atoms with Gasteiger partial charge in [-0.1, -0.05) is 23.7 Å². The molecule has 0 atom stereocenters. The van der Waals surface area contributed by atoms with E-state index in [1.54, 1.807) is 6.07 Å². The van der Waals surface area contributed by atoms with Gasteiger partial charge < -0.3 is 15.4 Å². The van der Waals surface area contributed by atoms with Gasteiger partial charge in [-0.05, 0) is 42.8 Å². The average molecular weight is 323 g/mol. The maximum Gasteiger partial charge on any atom is 0.319 e. The summed E-state index contributed by atoms with van der Waals surface area (Å²) >= 11 is 5.83. The molecule has 4 nitrogen and oxygen atoms in total. The minimum Gasteiger partial charge on any atom is -0.490 e. The number of nitrogens with one attached hydrogen (secondary N) is 2. The second-order valence-corrected chi connectivity index (χ2v) is 5.08.